The minimum atomic E-state index is -4.99. The maximum absolute atomic E-state index is 15.5. The van der Waals surface area contributed by atoms with Gasteiger partial charge in [-0.05, 0) is 87.8 Å². The third-order valence-electron chi connectivity index (χ3n) is 10.3. The van der Waals surface area contributed by atoms with Crippen LogP contribution in [0.2, 0.25) is 0 Å². The van der Waals surface area contributed by atoms with Gasteiger partial charge in [0.25, 0.3) is 0 Å². The molecule has 2 aromatic carbocycles. The number of nitrogens with zero attached hydrogens (tertiary/aromatic N) is 1. The van der Waals surface area contributed by atoms with Gasteiger partial charge in [0.2, 0.25) is 5.91 Å². The van der Waals surface area contributed by atoms with Gasteiger partial charge < -0.3 is 14.7 Å². The van der Waals surface area contributed by atoms with E-state index in [9.17, 15) is 40.7 Å². The van der Waals surface area contributed by atoms with Crippen molar-refractivity contribution in [3.63, 3.8) is 0 Å². The van der Waals surface area contributed by atoms with Crippen LogP contribution in [-0.4, -0.2) is 56.7 Å². The van der Waals surface area contributed by atoms with Crippen molar-refractivity contribution in [2.45, 2.75) is 73.3 Å². The molecule has 43 heavy (non-hydrogen) atoms. The Morgan fingerprint density at radius 3 is 1.95 bits per heavy atom. The molecule has 4 fully saturated rings. The Labute approximate surface area is 245 Å². The van der Waals surface area contributed by atoms with Gasteiger partial charge in [0.15, 0.2) is 15.4 Å². The number of carboxylic acid groups (broad SMARTS) is 1. The van der Waals surface area contributed by atoms with Crippen molar-refractivity contribution in [1.29, 1.82) is 0 Å². The largest absolute Gasteiger partial charge is 0.481 e. The first kappa shape index (κ1) is 31.4. The molecule has 0 aromatic heterocycles. The number of ether oxygens (including phenoxy) is 1. The summed E-state index contributed by atoms with van der Waals surface area (Å²) in [6.07, 6.45) is -3.20. The third-order valence-corrected chi connectivity index (χ3v) is 12.8. The van der Waals surface area contributed by atoms with Crippen molar-refractivity contribution in [1.82, 2.24) is 4.90 Å². The fourth-order valence-corrected chi connectivity index (χ4v) is 9.20. The normalized spacial score (nSPS) is 29.0. The molecule has 13 heteroatoms. The summed E-state index contributed by atoms with van der Waals surface area (Å²) in [5.41, 5.74) is -5.72. The molecule has 2 bridgehead atoms. The number of carbonyl (C=O) groups is 2. The van der Waals surface area contributed by atoms with E-state index in [1.807, 2.05) is 0 Å². The average Bonchev–Trinajstić information content (AvgIpc) is 3.44. The smallest absolute Gasteiger partial charge is 0.421 e. The van der Waals surface area contributed by atoms with E-state index in [-0.39, 0.29) is 29.3 Å². The summed E-state index contributed by atoms with van der Waals surface area (Å²) in [5.74, 6) is -3.23. The van der Waals surface area contributed by atoms with Crippen LogP contribution in [0.15, 0.2) is 47.4 Å². The summed E-state index contributed by atoms with van der Waals surface area (Å²) in [4.78, 5) is 27.0. The van der Waals surface area contributed by atoms with Crippen LogP contribution in [-0.2, 0) is 34.5 Å². The number of carboxylic acids is 1. The molecular formula is C30H32F5NO6S. The first-order valence-electron chi connectivity index (χ1n) is 13.9. The van der Waals surface area contributed by atoms with Crippen molar-refractivity contribution in [3.05, 3.63) is 65.2 Å². The van der Waals surface area contributed by atoms with Crippen LogP contribution in [0, 0.1) is 22.5 Å². The van der Waals surface area contributed by atoms with Crippen LogP contribution in [0.25, 0.3) is 0 Å². The van der Waals surface area contributed by atoms with Crippen molar-refractivity contribution in [2.75, 3.05) is 20.2 Å². The Hall–Kier alpha value is -3.06. The molecule has 0 radical (unpaired) electrons. The van der Waals surface area contributed by atoms with Crippen molar-refractivity contribution >= 4 is 21.7 Å². The first-order chi connectivity index (χ1) is 20.0. The number of benzene rings is 2. The van der Waals surface area contributed by atoms with Gasteiger partial charge in [-0.2, -0.15) is 13.2 Å². The Kier molecular flexibility index (Phi) is 7.48. The van der Waals surface area contributed by atoms with Gasteiger partial charge in [0.05, 0.1) is 10.3 Å². The number of carbonyl (C=O) groups excluding carboxylic acids is 1. The zero-order valence-electron chi connectivity index (χ0n) is 23.6. The fraction of sp³-hybridized carbons (Fsp3) is 0.533. The minimum Gasteiger partial charge on any atom is -0.481 e. The second kappa shape index (κ2) is 10.3. The van der Waals surface area contributed by atoms with Crippen LogP contribution in [0.5, 0.6) is 0 Å². The van der Waals surface area contributed by atoms with Gasteiger partial charge in [-0.1, -0.05) is 12.1 Å². The van der Waals surface area contributed by atoms with Gasteiger partial charge in [-0.15, -0.1) is 0 Å². The molecule has 234 valence electrons. The van der Waals surface area contributed by atoms with Gasteiger partial charge in [0.1, 0.15) is 16.4 Å². The standard InChI is InChI=1S/C30H32F5NO6S/c1-26(42-2,30(33,34)35)22-8-3-19(17-23(22)32)29(43(40,41)21-6-4-20(31)5-7-21)15-16-36(18-29)24(37)27-9-12-28(13-10-27,14-11-27)25(38)39/h3-8,17H,9-16,18H2,1-2H3,(H,38,39)/t26?,27?,28?,29-/m0/s1. The zero-order chi connectivity index (χ0) is 31.6. The maximum Gasteiger partial charge on any atom is 0.421 e. The molecule has 0 spiro atoms. The lowest BCUT2D eigenvalue weighted by atomic mass is 9.53. The highest BCUT2D eigenvalue weighted by Crippen LogP contribution is 2.58. The molecule has 1 unspecified atom stereocenters. The molecule has 1 aliphatic heterocycles. The summed E-state index contributed by atoms with van der Waals surface area (Å²) in [6.45, 7) is 0.225. The van der Waals surface area contributed by atoms with Crippen LogP contribution >= 0.6 is 0 Å². The highest BCUT2D eigenvalue weighted by Gasteiger charge is 2.60. The third kappa shape index (κ3) is 4.65. The molecule has 1 saturated heterocycles. The van der Waals surface area contributed by atoms with Gasteiger partial charge >= 0.3 is 12.1 Å². The Bertz CT molecular complexity index is 1540. The van der Waals surface area contributed by atoms with Crippen molar-refractivity contribution < 1.29 is 49.8 Å². The van der Waals surface area contributed by atoms with Crippen molar-refractivity contribution in [2.24, 2.45) is 10.8 Å². The molecular weight excluding hydrogens is 597 g/mol. The highest BCUT2D eigenvalue weighted by atomic mass is 32.2. The molecule has 2 atom stereocenters. The number of amides is 1. The van der Waals surface area contributed by atoms with E-state index in [1.165, 1.54) is 4.90 Å². The Balaban J connectivity index is 1.56. The number of hydrogen-bond donors (Lipinski definition) is 1. The summed E-state index contributed by atoms with van der Waals surface area (Å²) in [5, 5.41) is 9.72. The topological polar surface area (TPSA) is 101 Å². The van der Waals surface area contributed by atoms with Gasteiger partial charge in [-0.25, -0.2) is 17.2 Å². The number of alkyl halides is 3. The quantitative estimate of drug-likeness (QED) is 0.311. The summed E-state index contributed by atoms with van der Waals surface area (Å²) in [7, 11) is -3.67. The van der Waals surface area contributed by atoms with E-state index in [0.29, 0.717) is 45.4 Å². The summed E-state index contributed by atoms with van der Waals surface area (Å²) in [6, 6.07) is 6.71. The zero-order valence-corrected chi connectivity index (χ0v) is 24.5. The average molecular weight is 630 g/mol. The maximum atomic E-state index is 15.5. The summed E-state index contributed by atoms with van der Waals surface area (Å²) < 4.78 is 102. The van der Waals surface area contributed by atoms with Gasteiger partial charge in [-0.3, -0.25) is 9.59 Å². The number of halogens is 5. The van der Waals surface area contributed by atoms with Crippen LogP contribution in [0.1, 0.15) is 63.0 Å². The number of fused-ring (bicyclic) bond motifs is 3. The monoisotopic (exact) mass is 629 g/mol. The lowest BCUT2D eigenvalue weighted by Crippen LogP contribution is -2.53. The molecule has 3 aliphatic carbocycles. The predicted molar refractivity (Wildman–Crippen MR) is 143 cm³/mol. The van der Waals surface area contributed by atoms with E-state index in [1.54, 1.807) is 0 Å². The second-order valence-electron chi connectivity index (χ2n) is 12.2. The molecule has 6 rings (SSSR count). The molecule has 7 nitrogen and oxygen atoms in total. The number of hydrogen-bond acceptors (Lipinski definition) is 5. The predicted octanol–water partition coefficient (Wildman–Crippen LogP) is 5.72. The minimum absolute atomic E-state index is 0.0349. The van der Waals surface area contributed by atoms with E-state index < -0.39 is 66.9 Å². The number of methoxy groups -OCH3 is 1. The Morgan fingerprint density at radius 2 is 1.47 bits per heavy atom. The van der Waals surface area contributed by atoms with E-state index in [4.69, 9.17) is 0 Å². The van der Waals surface area contributed by atoms with Crippen LogP contribution < -0.4 is 0 Å². The lowest BCUT2D eigenvalue weighted by molar-refractivity contribution is -0.270. The number of rotatable bonds is 7. The molecule has 2 aromatic rings. The summed E-state index contributed by atoms with van der Waals surface area (Å²) >= 11 is 0. The van der Waals surface area contributed by atoms with Gasteiger partial charge in [0, 0.05) is 31.2 Å². The van der Waals surface area contributed by atoms with E-state index in [0.717, 1.165) is 49.6 Å². The first-order valence-corrected chi connectivity index (χ1v) is 15.4. The second-order valence-corrected chi connectivity index (χ2v) is 14.5. The Morgan fingerprint density at radius 1 is 0.907 bits per heavy atom. The molecule has 1 heterocycles. The number of likely N-dealkylation sites (tertiary alicyclic amines) is 1. The fourth-order valence-electron chi connectivity index (χ4n) is 7.13. The molecule has 1 amide bonds. The lowest BCUT2D eigenvalue weighted by Gasteiger charge is -2.51. The number of sulfone groups is 1. The van der Waals surface area contributed by atoms with E-state index >= 15 is 4.39 Å². The number of aliphatic carboxylic acids is 1. The van der Waals surface area contributed by atoms with Crippen LogP contribution in [0.4, 0.5) is 22.0 Å². The van der Waals surface area contributed by atoms with Crippen LogP contribution in [0.3, 0.4) is 0 Å². The molecule has 4 aliphatic rings. The SMILES string of the molecule is COC(C)(c1ccc([C@]2(S(=O)(=O)c3ccc(F)cc3)CCN(C(=O)C34CCC(C(=O)O)(CC3)CC4)C2)cc1F)C(F)(F)F. The highest BCUT2D eigenvalue weighted by molar-refractivity contribution is 7.92. The molecule has 3 saturated carbocycles. The van der Waals surface area contributed by atoms with Crippen molar-refractivity contribution in [3.8, 4) is 0 Å². The van der Waals surface area contributed by atoms with E-state index in [2.05, 4.69) is 4.74 Å². The molecule has 1 N–H and O–H groups in total.